The summed E-state index contributed by atoms with van der Waals surface area (Å²) in [5.41, 5.74) is 7.35. The molecule has 0 spiro atoms. The van der Waals surface area contributed by atoms with Crippen molar-refractivity contribution < 1.29 is 19.0 Å². The van der Waals surface area contributed by atoms with Crippen LogP contribution in [0.15, 0.2) is 24.3 Å². The van der Waals surface area contributed by atoms with Crippen LogP contribution in [-0.2, 0) is 0 Å². The predicted molar refractivity (Wildman–Crippen MR) is 115 cm³/mol. The normalized spacial score (nSPS) is 12.3. The molecule has 0 radical (unpaired) electrons. The van der Waals surface area contributed by atoms with E-state index in [1.807, 2.05) is 26.8 Å². The molecule has 2 heterocycles. The SMILES string of the molecule is Cc1nc(-c2nnc(-c3cc(F)c(OC[C@H](N)CO)cc3Cl)s2)ccc1OC(C)C. The second kappa shape index (κ2) is 9.65. The van der Waals surface area contributed by atoms with Crippen LogP contribution in [0.3, 0.4) is 0 Å². The number of aryl methyl sites for hydroxylation is 1. The van der Waals surface area contributed by atoms with Crippen molar-refractivity contribution in [2.75, 3.05) is 13.2 Å². The molecule has 3 rings (SSSR count). The summed E-state index contributed by atoms with van der Waals surface area (Å²) in [5, 5.41) is 18.5. The standard InChI is InChI=1S/C20H22ClFN4O3S/c1-10(2)29-17-5-4-16(24-11(17)3)20-26-25-19(30-20)13-6-15(22)18(7-14(13)21)28-9-12(23)8-27/h4-7,10,12,27H,8-9,23H2,1-3H3/t12-/m1/s1. The Kier molecular flexibility index (Phi) is 7.19. The van der Waals surface area contributed by atoms with Crippen LogP contribution in [0.1, 0.15) is 19.5 Å². The Morgan fingerprint density at radius 2 is 1.93 bits per heavy atom. The molecule has 0 unspecified atom stereocenters. The van der Waals surface area contributed by atoms with E-state index in [-0.39, 0.29) is 30.1 Å². The van der Waals surface area contributed by atoms with Crippen molar-refractivity contribution in [3.05, 3.63) is 40.8 Å². The Morgan fingerprint density at radius 1 is 1.20 bits per heavy atom. The summed E-state index contributed by atoms with van der Waals surface area (Å²) in [6.07, 6.45) is 0.0489. The average Bonchev–Trinajstić information content (AvgIpc) is 3.19. The number of nitrogens with two attached hydrogens (primary N) is 1. The Hall–Kier alpha value is -2.33. The quantitative estimate of drug-likeness (QED) is 0.534. The maximum Gasteiger partial charge on any atom is 0.166 e. The zero-order valence-electron chi connectivity index (χ0n) is 16.7. The van der Waals surface area contributed by atoms with Gasteiger partial charge in [-0.3, -0.25) is 0 Å². The zero-order valence-corrected chi connectivity index (χ0v) is 18.3. The van der Waals surface area contributed by atoms with Crippen molar-refractivity contribution in [2.24, 2.45) is 5.73 Å². The molecule has 10 heteroatoms. The van der Waals surface area contributed by atoms with Gasteiger partial charge in [-0.15, -0.1) is 10.2 Å². The molecular weight excluding hydrogens is 431 g/mol. The zero-order chi connectivity index (χ0) is 21.8. The second-order valence-corrected chi connectivity index (χ2v) is 8.26. The fourth-order valence-corrected chi connectivity index (χ4v) is 3.68. The van der Waals surface area contributed by atoms with Crippen LogP contribution in [0, 0.1) is 12.7 Å². The van der Waals surface area contributed by atoms with Crippen molar-refractivity contribution in [1.82, 2.24) is 15.2 Å². The first-order valence-electron chi connectivity index (χ1n) is 9.25. The molecule has 2 aromatic heterocycles. The lowest BCUT2D eigenvalue weighted by atomic mass is 10.2. The highest BCUT2D eigenvalue weighted by Crippen LogP contribution is 2.37. The van der Waals surface area contributed by atoms with Gasteiger partial charge in [-0.1, -0.05) is 22.9 Å². The van der Waals surface area contributed by atoms with Gasteiger partial charge < -0.3 is 20.3 Å². The summed E-state index contributed by atoms with van der Waals surface area (Å²) in [6.45, 7) is 5.46. The third-order valence-electron chi connectivity index (χ3n) is 3.98. The third-order valence-corrected chi connectivity index (χ3v) is 5.28. The van der Waals surface area contributed by atoms with Gasteiger partial charge in [0.2, 0.25) is 0 Å². The van der Waals surface area contributed by atoms with Gasteiger partial charge >= 0.3 is 0 Å². The van der Waals surface area contributed by atoms with Gasteiger partial charge in [0.15, 0.2) is 16.6 Å². The van der Waals surface area contributed by atoms with Gasteiger partial charge in [-0.05, 0) is 39.0 Å². The van der Waals surface area contributed by atoms with E-state index in [4.69, 9.17) is 31.9 Å². The summed E-state index contributed by atoms with van der Waals surface area (Å²) < 4.78 is 25.4. The summed E-state index contributed by atoms with van der Waals surface area (Å²) >= 11 is 7.56. The highest BCUT2D eigenvalue weighted by Gasteiger charge is 2.17. The van der Waals surface area contributed by atoms with Gasteiger partial charge in [-0.25, -0.2) is 9.37 Å². The van der Waals surface area contributed by atoms with E-state index in [1.165, 1.54) is 23.5 Å². The molecule has 3 aromatic rings. The van der Waals surface area contributed by atoms with Crippen molar-refractivity contribution in [3.8, 4) is 32.8 Å². The fourth-order valence-electron chi connectivity index (χ4n) is 2.53. The van der Waals surface area contributed by atoms with Gasteiger partial charge in [0.1, 0.15) is 23.1 Å². The van der Waals surface area contributed by atoms with Crippen LogP contribution in [0.4, 0.5) is 4.39 Å². The Balaban J connectivity index is 1.84. The summed E-state index contributed by atoms with van der Waals surface area (Å²) in [4.78, 5) is 4.53. The molecule has 0 amide bonds. The number of aliphatic hydroxyl groups is 1. The highest BCUT2D eigenvalue weighted by molar-refractivity contribution is 7.17. The molecule has 0 aliphatic heterocycles. The average molecular weight is 453 g/mol. The van der Waals surface area contributed by atoms with Crippen molar-refractivity contribution >= 4 is 22.9 Å². The predicted octanol–water partition coefficient (Wildman–Crippen LogP) is 3.85. The molecule has 0 saturated heterocycles. The molecule has 0 bridgehead atoms. The van der Waals surface area contributed by atoms with Crippen LogP contribution >= 0.6 is 22.9 Å². The summed E-state index contributed by atoms with van der Waals surface area (Å²) in [7, 11) is 0. The number of halogens is 2. The van der Waals surface area contributed by atoms with Crippen LogP contribution in [0.2, 0.25) is 5.02 Å². The molecule has 0 aliphatic rings. The fraction of sp³-hybridized carbons (Fsp3) is 0.350. The molecular formula is C20H22ClFN4O3S. The number of nitrogens with zero attached hydrogens (tertiary/aromatic N) is 3. The Bertz CT molecular complexity index is 1030. The number of aliphatic hydroxyl groups excluding tert-OH is 1. The molecule has 0 aliphatic carbocycles. The first-order chi connectivity index (χ1) is 14.3. The van der Waals surface area contributed by atoms with E-state index in [2.05, 4.69) is 15.2 Å². The van der Waals surface area contributed by atoms with E-state index < -0.39 is 11.9 Å². The summed E-state index contributed by atoms with van der Waals surface area (Å²) in [5.74, 6) is 0.0518. The summed E-state index contributed by atoms with van der Waals surface area (Å²) in [6, 6.07) is 5.64. The highest BCUT2D eigenvalue weighted by atomic mass is 35.5. The molecule has 1 atom stereocenters. The molecule has 1 aromatic carbocycles. The largest absolute Gasteiger partial charge is 0.489 e. The first-order valence-corrected chi connectivity index (χ1v) is 10.4. The minimum atomic E-state index is -0.611. The van der Waals surface area contributed by atoms with Gasteiger partial charge in [-0.2, -0.15) is 0 Å². The van der Waals surface area contributed by atoms with E-state index in [1.54, 1.807) is 6.07 Å². The van der Waals surface area contributed by atoms with Gasteiger partial charge in [0.05, 0.1) is 29.5 Å². The lowest BCUT2D eigenvalue weighted by molar-refractivity contribution is 0.202. The molecule has 7 nitrogen and oxygen atoms in total. The second-order valence-electron chi connectivity index (χ2n) is 6.88. The van der Waals surface area contributed by atoms with Gasteiger partial charge in [0.25, 0.3) is 0 Å². The number of benzene rings is 1. The number of ether oxygens (including phenoxy) is 2. The lowest BCUT2D eigenvalue weighted by Crippen LogP contribution is -2.31. The Labute approximate surface area is 182 Å². The topological polar surface area (TPSA) is 103 Å². The van der Waals surface area contributed by atoms with Crippen LogP contribution < -0.4 is 15.2 Å². The van der Waals surface area contributed by atoms with Crippen LogP contribution in [0.5, 0.6) is 11.5 Å². The van der Waals surface area contributed by atoms with Crippen molar-refractivity contribution in [2.45, 2.75) is 32.9 Å². The number of hydrogen-bond acceptors (Lipinski definition) is 8. The van der Waals surface area contributed by atoms with E-state index >= 15 is 0 Å². The number of pyridine rings is 1. The van der Waals surface area contributed by atoms with E-state index in [0.717, 1.165) is 5.69 Å². The molecule has 160 valence electrons. The van der Waals surface area contributed by atoms with E-state index in [0.29, 0.717) is 27.0 Å². The van der Waals surface area contributed by atoms with Crippen LogP contribution in [0.25, 0.3) is 21.3 Å². The molecule has 0 fully saturated rings. The monoisotopic (exact) mass is 452 g/mol. The molecule has 0 saturated carbocycles. The minimum Gasteiger partial charge on any atom is -0.489 e. The Morgan fingerprint density at radius 3 is 2.60 bits per heavy atom. The van der Waals surface area contributed by atoms with Crippen molar-refractivity contribution in [1.29, 1.82) is 0 Å². The third kappa shape index (κ3) is 5.23. The van der Waals surface area contributed by atoms with E-state index in [9.17, 15) is 4.39 Å². The van der Waals surface area contributed by atoms with Crippen LogP contribution in [-0.4, -0.2) is 45.6 Å². The minimum absolute atomic E-state index is 0.0341. The number of rotatable bonds is 8. The maximum atomic E-state index is 14.4. The smallest absolute Gasteiger partial charge is 0.166 e. The van der Waals surface area contributed by atoms with Gasteiger partial charge in [0, 0.05) is 11.6 Å². The molecule has 30 heavy (non-hydrogen) atoms. The first kappa shape index (κ1) is 22.4. The number of aromatic nitrogens is 3. The lowest BCUT2D eigenvalue weighted by Gasteiger charge is -2.12. The molecule has 3 N–H and O–H groups in total. The number of hydrogen-bond donors (Lipinski definition) is 2. The maximum absolute atomic E-state index is 14.4. The van der Waals surface area contributed by atoms with Crippen molar-refractivity contribution in [3.63, 3.8) is 0 Å².